The molecule has 0 saturated carbocycles. The molecule has 0 saturated heterocycles. The van der Waals surface area contributed by atoms with Crippen LogP contribution >= 0.6 is 0 Å². The number of rotatable bonds is 0. The fourth-order valence-corrected chi connectivity index (χ4v) is 0. The van der Waals surface area contributed by atoms with Gasteiger partial charge in [0.2, 0.25) is 0 Å². The van der Waals surface area contributed by atoms with Crippen LogP contribution in [0.15, 0.2) is 0 Å². The second-order valence-electron chi connectivity index (χ2n) is 3.96. The van der Waals surface area contributed by atoms with Crippen molar-refractivity contribution in [2.75, 3.05) is 56.3 Å². The molecule has 16 heavy (non-hydrogen) atoms. The Morgan fingerprint density at radius 1 is 0.500 bits per heavy atom. The van der Waals surface area contributed by atoms with Gasteiger partial charge in [0.1, 0.15) is 0 Å². The highest BCUT2D eigenvalue weighted by molar-refractivity contribution is 7.95. The summed E-state index contributed by atoms with van der Waals surface area (Å²) in [5.41, 5.74) is 0. The minimum absolute atomic E-state index is 0.639. The van der Waals surface area contributed by atoms with Crippen LogP contribution in [-0.2, 0) is 32.7 Å². The van der Waals surface area contributed by atoms with Gasteiger partial charge >= 0.3 is 0 Å². The molecule has 0 aliphatic rings. The molecule has 0 radical (unpaired) electrons. The lowest BCUT2D eigenvalue weighted by Gasteiger charge is -2.35. The summed E-state index contributed by atoms with van der Waals surface area (Å²) in [6, 6.07) is 0. The van der Waals surface area contributed by atoms with Gasteiger partial charge < -0.3 is 15.1 Å². The summed E-state index contributed by atoms with van der Waals surface area (Å²) in [4.78, 5) is 0. The van der Waals surface area contributed by atoms with Gasteiger partial charge in [0, 0.05) is 0 Å². The normalized spacial score (nSPS) is 8.44. The van der Waals surface area contributed by atoms with Crippen LogP contribution in [0.4, 0.5) is 0 Å². The largest absolute Gasteiger partial charge is 0.907 e. The molecule has 0 aromatic heterocycles. The van der Waals surface area contributed by atoms with Gasteiger partial charge in [-0.25, -0.2) is 0 Å². The van der Waals surface area contributed by atoms with E-state index in [0.717, 1.165) is 0 Å². The van der Waals surface area contributed by atoms with Crippen molar-refractivity contribution in [3.05, 3.63) is 0 Å². The monoisotopic (exact) mass is 290 g/mol. The van der Waals surface area contributed by atoms with Crippen molar-refractivity contribution < 1.29 is 15.1 Å². The lowest BCUT2D eigenvalue weighted by molar-refractivity contribution is -0.479. The summed E-state index contributed by atoms with van der Waals surface area (Å²) in [5.74, 6) is 0. The molecular formula is C9H27BO3S3. The van der Waals surface area contributed by atoms with E-state index < -0.39 is 7.32 Å². The molecule has 3 nitrogen and oxygen atoms in total. The predicted octanol–water partition coefficient (Wildman–Crippen LogP) is -2.47. The predicted molar refractivity (Wildman–Crippen MR) is 81.2 cm³/mol. The van der Waals surface area contributed by atoms with E-state index in [4.69, 9.17) is 15.1 Å². The third-order valence-electron chi connectivity index (χ3n) is 0. The van der Waals surface area contributed by atoms with Crippen LogP contribution in [0.3, 0.4) is 0 Å². The molecule has 0 fully saturated rings. The molecule has 0 bridgehead atoms. The molecule has 102 valence electrons. The van der Waals surface area contributed by atoms with Gasteiger partial charge in [0.15, 0.2) is 0 Å². The van der Waals surface area contributed by atoms with Crippen molar-refractivity contribution in [2.45, 2.75) is 0 Å². The van der Waals surface area contributed by atoms with Gasteiger partial charge in [-0.15, -0.1) is 0 Å². The molecule has 0 heterocycles. The maximum absolute atomic E-state index is 8.42. The van der Waals surface area contributed by atoms with Gasteiger partial charge in [-0.05, 0) is 32.7 Å². The molecule has 0 aliphatic heterocycles. The van der Waals surface area contributed by atoms with E-state index in [-0.39, 0.29) is 0 Å². The van der Waals surface area contributed by atoms with Crippen molar-refractivity contribution in [1.82, 2.24) is 0 Å². The summed E-state index contributed by atoms with van der Waals surface area (Å²) in [6.07, 6.45) is 19.8. The second-order valence-corrected chi connectivity index (χ2v) is 11.3. The lowest BCUT2D eigenvalue weighted by Crippen LogP contribution is -2.56. The molecule has 0 aromatic carbocycles. The van der Waals surface area contributed by atoms with E-state index in [2.05, 4.69) is 56.3 Å². The highest BCUT2D eigenvalue weighted by Crippen LogP contribution is 1.64. The third-order valence-corrected chi connectivity index (χ3v) is 0. The van der Waals surface area contributed by atoms with Crippen LogP contribution in [0.25, 0.3) is 0 Å². The van der Waals surface area contributed by atoms with E-state index >= 15 is 0 Å². The average Bonchev–Trinajstić information content (AvgIpc) is 1.76. The van der Waals surface area contributed by atoms with Crippen LogP contribution in [-0.4, -0.2) is 63.6 Å². The van der Waals surface area contributed by atoms with E-state index in [1.54, 1.807) is 0 Å². The van der Waals surface area contributed by atoms with Gasteiger partial charge in [0.25, 0.3) is 0 Å². The van der Waals surface area contributed by atoms with Crippen LogP contribution in [0.2, 0.25) is 0 Å². The van der Waals surface area contributed by atoms with Crippen LogP contribution in [0.1, 0.15) is 0 Å². The topological polar surface area (TPSA) is 69.2 Å². The number of hydrogen-bond donors (Lipinski definition) is 0. The van der Waals surface area contributed by atoms with Gasteiger partial charge in [-0.3, -0.25) is 7.32 Å². The molecule has 0 spiro atoms. The molecule has 0 atom stereocenters. The highest BCUT2D eigenvalue weighted by Gasteiger charge is 1.78. The molecule has 7 heteroatoms. The first-order valence-electron chi connectivity index (χ1n) is 4.38. The number of hydrogen-bond acceptors (Lipinski definition) is 3. The Kier molecular flexibility index (Phi) is 34.3. The summed E-state index contributed by atoms with van der Waals surface area (Å²) in [6.45, 7) is 0. The Morgan fingerprint density at radius 3 is 0.500 bits per heavy atom. The first-order chi connectivity index (χ1) is 6.93. The fourth-order valence-electron chi connectivity index (χ4n) is 0. The van der Waals surface area contributed by atoms with Gasteiger partial charge in [-0.2, -0.15) is 0 Å². The maximum atomic E-state index is 8.42. The Balaban J connectivity index is -0.0000000600. The molecule has 0 unspecified atom stereocenters. The van der Waals surface area contributed by atoms with Crippen molar-refractivity contribution in [1.29, 1.82) is 0 Å². The summed E-state index contributed by atoms with van der Waals surface area (Å²) < 4.78 is 0. The molecule has 0 amide bonds. The summed E-state index contributed by atoms with van der Waals surface area (Å²) in [5, 5.41) is 25.2. The molecule has 0 rings (SSSR count). The van der Waals surface area contributed by atoms with E-state index in [0.29, 0.717) is 32.7 Å². The third kappa shape index (κ3) is 2970. The first kappa shape index (κ1) is 25.7. The average molecular weight is 290 g/mol. The zero-order valence-electron chi connectivity index (χ0n) is 12.0. The smallest absolute Gasteiger partial charge is 0.0969 e. The molecule has 0 aromatic rings. The van der Waals surface area contributed by atoms with Crippen molar-refractivity contribution in [2.24, 2.45) is 0 Å². The molecule has 0 N–H and O–H groups in total. The van der Waals surface area contributed by atoms with Gasteiger partial charge in [0.05, 0.1) is 56.3 Å². The van der Waals surface area contributed by atoms with E-state index in [1.807, 2.05) is 0 Å². The standard InChI is InChI=1S/3C3H9S.BO3/c3*1-4(2)3;2-1(3)4/h3*1-3H3;/q3*+1;-3. The second kappa shape index (κ2) is 21.3. The first-order valence-corrected chi connectivity index (χ1v) is 11.7. The van der Waals surface area contributed by atoms with Crippen molar-refractivity contribution >= 4 is 40.0 Å². The van der Waals surface area contributed by atoms with Gasteiger partial charge in [-0.1, -0.05) is 0 Å². The molecule has 0 aliphatic carbocycles. The Morgan fingerprint density at radius 2 is 0.500 bits per heavy atom. The zero-order valence-corrected chi connectivity index (χ0v) is 14.5. The van der Waals surface area contributed by atoms with Crippen LogP contribution in [0, 0.1) is 0 Å². The van der Waals surface area contributed by atoms with E-state index in [1.165, 1.54) is 0 Å². The molecular weight excluding hydrogens is 263 g/mol. The SMILES string of the molecule is C[S+](C)C.C[S+](C)C.C[S+](C)C.[O-]B([O-])[O-]. The van der Waals surface area contributed by atoms with Crippen LogP contribution < -0.4 is 15.1 Å². The Hall–Kier alpha value is 0.995. The van der Waals surface area contributed by atoms with Crippen molar-refractivity contribution in [3.63, 3.8) is 0 Å². The summed E-state index contributed by atoms with van der Waals surface area (Å²) in [7, 11) is -1.00. The highest BCUT2D eigenvalue weighted by atomic mass is 32.2. The van der Waals surface area contributed by atoms with E-state index in [9.17, 15) is 0 Å². The minimum atomic E-state index is -2.92. The van der Waals surface area contributed by atoms with Crippen molar-refractivity contribution in [3.8, 4) is 0 Å². The Bertz CT molecular complexity index is 69.0. The van der Waals surface area contributed by atoms with Crippen LogP contribution in [0.5, 0.6) is 0 Å². The summed E-state index contributed by atoms with van der Waals surface area (Å²) >= 11 is 0. The lowest BCUT2D eigenvalue weighted by atomic mass is 10.3. The quantitative estimate of drug-likeness (QED) is 0.367. The zero-order chi connectivity index (χ0) is 14.3. The maximum Gasteiger partial charge on any atom is 0.0969 e. The Labute approximate surface area is 111 Å². The fraction of sp³-hybridized carbons (Fsp3) is 1.00. The minimum Gasteiger partial charge on any atom is -0.907 e.